The smallest absolute Gasteiger partial charge is 0.288 e. The zero-order chi connectivity index (χ0) is 21.3. The van der Waals surface area contributed by atoms with Gasteiger partial charge < -0.3 is 0 Å². The minimum Gasteiger partial charge on any atom is -0.288 e. The van der Waals surface area contributed by atoms with E-state index in [2.05, 4.69) is 0 Å². The SMILES string of the molecule is O=C(NO)c1ccc(Cn2c(=O)n(-c3ccc(F)cc3)c(=O)c3ccccc32)cc1. The average Bonchev–Trinajstić information content (AvgIpc) is 2.78. The number of nitrogens with zero attached hydrogens (tertiary/aromatic N) is 2. The maximum Gasteiger partial charge on any atom is 0.336 e. The molecule has 0 radical (unpaired) electrons. The Labute approximate surface area is 169 Å². The van der Waals surface area contributed by atoms with Crippen LogP contribution in [0.1, 0.15) is 15.9 Å². The summed E-state index contributed by atoms with van der Waals surface area (Å²) in [6.07, 6.45) is 0. The van der Waals surface area contributed by atoms with Crippen LogP contribution in [-0.2, 0) is 6.54 Å². The van der Waals surface area contributed by atoms with E-state index in [1.165, 1.54) is 41.0 Å². The van der Waals surface area contributed by atoms with Crippen LogP contribution < -0.4 is 16.7 Å². The van der Waals surface area contributed by atoms with Crippen molar-refractivity contribution in [2.75, 3.05) is 0 Å². The first-order valence-corrected chi connectivity index (χ1v) is 9.03. The van der Waals surface area contributed by atoms with E-state index in [-0.39, 0.29) is 17.8 Å². The number of fused-ring (bicyclic) bond motifs is 1. The van der Waals surface area contributed by atoms with Gasteiger partial charge in [0.05, 0.1) is 23.1 Å². The summed E-state index contributed by atoms with van der Waals surface area (Å²) < 4.78 is 15.8. The topological polar surface area (TPSA) is 93.3 Å². The van der Waals surface area contributed by atoms with Crippen LogP contribution in [0.5, 0.6) is 0 Å². The quantitative estimate of drug-likeness (QED) is 0.403. The summed E-state index contributed by atoms with van der Waals surface area (Å²) in [5.74, 6) is -1.12. The fourth-order valence-electron chi connectivity index (χ4n) is 3.30. The molecule has 1 amide bonds. The second-order valence-electron chi connectivity index (χ2n) is 6.64. The number of hydroxylamine groups is 1. The van der Waals surface area contributed by atoms with E-state index < -0.39 is 23.0 Å². The van der Waals surface area contributed by atoms with Gasteiger partial charge in [0.2, 0.25) is 0 Å². The van der Waals surface area contributed by atoms with Gasteiger partial charge in [0, 0.05) is 5.56 Å². The van der Waals surface area contributed by atoms with E-state index >= 15 is 0 Å². The molecule has 0 spiro atoms. The first-order chi connectivity index (χ1) is 14.5. The van der Waals surface area contributed by atoms with Crippen molar-refractivity contribution in [2.24, 2.45) is 0 Å². The molecule has 0 aliphatic carbocycles. The molecule has 1 heterocycles. The summed E-state index contributed by atoms with van der Waals surface area (Å²) in [6, 6.07) is 18.2. The molecule has 0 saturated heterocycles. The van der Waals surface area contributed by atoms with Crippen molar-refractivity contribution in [1.29, 1.82) is 0 Å². The lowest BCUT2D eigenvalue weighted by Crippen LogP contribution is -2.39. The van der Waals surface area contributed by atoms with Crippen molar-refractivity contribution in [3.05, 3.63) is 111 Å². The van der Waals surface area contributed by atoms with Crippen molar-refractivity contribution >= 4 is 16.8 Å². The second kappa shape index (κ2) is 7.76. The van der Waals surface area contributed by atoms with Gasteiger partial charge in [-0.3, -0.25) is 19.4 Å². The molecular weight excluding hydrogens is 389 g/mol. The maximum absolute atomic E-state index is 13.3. The number of halogens is 1. The number of carbonyl (C=O) groups excluding carboxylic acids is 1. The first-order valence-electron chi connectivity index (χ1n) is 9.03. The van der Waals surface area contributed by atoms with Gasteiger partial charge in [-0.15, -0.1) is 0 Å². The highest BCUT2D eigenvalue weighted by Crippen LogP contribution is 2.13. The van der Waals surface area contributed by atoms with Gasteiger partial charge >= 0.3 is 5.69 Å². The molecule has 0 atom stereocenters. The Kier molecular flexibility index (Phi) is 4.99. The highest BCUT2D eigenvalue weighted by Gasteiger charge is 2.15. The lowest BCUT2D eigenvalue weighted by Gasteiger charge is -2.14. The third-order valence-corrected chi connectivity index (χ3v) is 4.79. The molecular formula is C22H16FN3O4. The van der Waals surface area contributed by atoms with Gasteiger partial charge in [0.25, 0.3) is 11.5 Å². The number of benzene rings is 3. The predicted octanol–water partition coefficient (Wildman–Crippen LogP) is 2.46. The number of nitrogens with one attached hydrogen (secondary N) is 1. The average molecular weight is 405 g/mol. The molecule has 4 aromatic rings. The van der Waals surface area contributed by atoms with E-state index in [0.717, 1.165) is 4.57 Å². The van der Waals surface area contributed by atoms with Crippen LogP contribution in [0.2, 0.25) is 0 Å². The Morgan fingerprint density at radius 2 is 1.60 bits per heavy atom. The van der Waals surface area contributed by atoms with Crippen molar-refractivity contribution in [3.63, 3.8) is 0 Å². The van der Waals surface area contributed by atoms with Crippen LogP contribution in [0, 0.1) is 5.82 Å². The lowest BCUT2D eigenvalue weighted by atomic mass is 10.1. The summed E-state index contributed by atoms with van der Waals surface area (Å²) in [6.45, 7) is 0.141. The summed E-state index contributed by atoms with van der Waals surface area (Å²) >= 11 is 0. The van der Waals surface area contributed by atoms with Crippen LogP contribution in [0.15, 0.2) is 82.4 Å². The van der Waals surface area contributed by atoms with Gasteiger partial charge in [-0.05, 0) is 54.1 Å². The molecule has 0 unspecified atom stereocenters. The van der Waals surface area contributed by atoms with Crippen LogP contribution >= 0.6 is 0 Å². The van der Waals surface area contributed by atoms with E-state index in [9.17, 15) is 18.8 Å². The van der Waals surface area contributed by atoms with Gasteiger partial charge in [-0.1, -0.05) is 24.3 Å². The zero-order valence-corrected chi connectivity index (χ0v) is 15.6. The number of carbonyl (C=O) groups is 1. The number of hydrogen-bond donors (Lipinski definition) is 2. The fraction of sp³-hybridized carbons (Fsp3) is 0.0455. The van der Waals surface area contributed by atoms with Gasteiger partial charge in [0.15, 0.2) is 0 Å². The number of para-hydroxylation sites is 1. The van der Waals surface area contributed by atoms with Gasteiger partial charge in [-0.25, -0.2) is 19.2 Å². The third kappa shape index (κ3) is 3.40. The van der Waals surface area contributed by atoms with Crippen molar-refractivity contribution in [1.82, 2.24) is 14.6 Å². The van der Waals surface area contributed by atoms with Gasteiger partial charge in [-0.2, -0.15) is 0 Å². The first kappa shape index (κ1) is 19.3. The van der Waals surface area contributed by atoms with Crippen molar-refractivity contribution in [3.8, 4) is 5.69 Å². The van der Waals surface area contributed by atoms with Gasteiger partial charge in [0.1, 0.15) is 5.82 Å². The number of aromatic nitrogens is 2. The normalized spacial score (nSPS) is 10.9. The molecule has 4 rings (SSSR count). The Hall–Kier alpha value is -4.04. The minimum atomic E-state index is -0.644. The number of rotatable bonds is 4. The largest absolute Gasteiger partial charge is 0.336 e. The molecule has 2 N–H and O–H groups in total. The molecule has 0 bridgehead atoms. The molecule has 0 fully saturated rings. The molecule has 0 saturated carbocycles. The Morgan fingerprint density at radius 3 is 2.27 bits per heavy atom. The molecule has 3 aromatic carbocycles. The molecule has 7 nitrogen and oxygen atoms in total. The van der Waals surface area contributed by atoms with Crippen LogP contribution in [-0.4, -0.2) is 20.2 Å². The lowest BCUT2D eigenvalue weighted by molar-refractivity contribution is 0.0706. The Balaban J connectivity index is 1.89. The molecule has 1 aromatic heterocycles. The summed E-state index contributed by atoms with van der Waals surface area (Å²) in [5, 5.41) is 9.07. The van der Waals surface area contributed by atoms with Crippen LogP contribution in [0.25, 0.3) is 16.6 Å². The zero-order valence-electron chi connectivity index (χ0n) is 15.6. The van der Waals surface area contributed by atoms with Crippen LogP contribution in [0.3, 0.4) is 0 Å². The third-order valence-electron chi connectivity index (χ3n) is 4.79. The standard InChI is InChI=1S/C22H16FN3O4/c23-16-9-11-17(12-10-16)26-21(28)18-3-1-2-4-19(18)25(22(26)29)13-14-5-7-15(8-6-14)20(27)24-30/h1-12,30H,13H2,(H,24,27). The molecule has 0 aliphatic rings. The molecule has 150 valence electrons. The van der Waals surface area contributed by atoms with Crippen molar-refractivity contribution < 1.29 is 14.4 Å². The number of amides is 1. The Bertz CT molecular complexity index is 1360. The summed E-state index contributed by atoms with van der Waals surface area (Å²) in [5.41, 5.74) is 2.20. The van der Waals surface area contributed by atoms with E-state index in [4.69, 9.17) is 5.21 Å². The van der Waals surface area contributed by atoms with Crippen molar-refractivity contribution in [2.45, 2.75) is 6.54 Å². The van der Waals surface area contributed by atoms with E-state index in [1.807, 2.05) is 0 Å². The number of hydrogen-bond acceptors (Lipinski definition) is 4. The highest BCUT2D eigenvalue weighted by atomic mass is 19.1. The maximum atomic E-state index is 13.3. The second-order valence-corrected chi connectivity index (χ2v) is 6.64. The molecule has 30 heavy (non-hydrogen) atoms. The molecule has 0 aliphatic heterocycles. The monoisotopic (exact) mass is 405 g/mol. The van der Waals surface area contributed by atoms with E-state index in [0.29, 0.717) is 16.5 Å². The Morgan fingerprint density at radius 1 is 0.933 bits per heavy atom. The van der Waals surface area contributed by atoms with E-state index in [1.54, 1.807) is 41.9 Å². The minimum absolute atomic E-state index is 0.141. The summed E-state index contributed by atoms with van der Waals surface area (Å²) in [4.78, 5) is 37.7. The molecule has 8 heteroatoms. The highest BCUT2D eigenvalue weighted by molar-refractivity contribution is 5.93. The van der Waals surface area contributed by atoms with Crippen LogP contribution in [0.4, 0.5) is 4.39 Å². The fourth-order valence-corrected chi connectivity index (χ4v) is 3.30. The summed E-state index contributed by atoms with van der Waals surface area (Å²) in [7, 11) is 0. The predicted molar refractivity (Wildman–Crippen MR) is 109 cm³/mol.